The molecule has 3 aliphatic heterocycles. The predicted molar refractivity (Wildman–Crippen MR) is 137 cm³/mol. The third-order valence-corrected chi connectivity index (χ3v) is 7.69. The number of hydrogen-bond donors (Lipinski definition) is 1. The number of carbonyl (C=O) groups excluding carboxylic acids is 3. The van der Waals surface area contributed by atoms with Crippen LogP contribution in [0.1, 0.15) is 57.6 Å². The van der Waals surface area contributed by atoms with Gasteiger partial charge < -0.3 is 9.47 Å². The van der Waals surface area contributed by atoms with Crippen molar-refractivity contribution in [3.63, 3.8) is 0 Å². The summed E-state index contributed by atoms with van der Waals surface area (Å²) in [6.45, 7) is 6.78. The van der Waals surface area contributed by atoms with Crippen LogP contribution in [0, 0.1) is 5.92 Å². The van der Waals surface area contributed by atoms with E-state index in [-0.39, 0.29) is 24.1 Å². The maximum atomic E-state index is 14.0. The van der Waals surface area contributed by atoms with Crippen molar-refractivity contribution in [2.75, 3.05) is 4.90 Å². The maximum absolute atomic E-state index is 14.0. The molecular formula is C28H28N4O6. The van der Waals surface area contributed by atoms with Crippen molar-refractivity contribution in [3.05, 3.63) is 70.3 Å². The van der Waals surface area contributed by atoms with Crippen LogP contribution in [0.25, 0.3) is 10.9 Å². The number of ether oxygens (including phenoxy) is 2. The molecule has 2 fully saturated rings. The first-order valence-electron chi connectivity index (χ1n) is 12.7. The standard InChI is InChI=1S/C28H28N4O6/c1-14(2)22(37-16(4)33)23-30-19-11-7-5-9-17(19)25(35)31(23)21-13-28(38-26(21)36)18-10-6-8-12-20(18)32-24(34)15(3)29-27(28)32/h5-12,14-15,21-22,27,29H,13H2,1-4H3/t15-,21+,22-,27+,28-/m1/s1. The lowest BCUT2D eigenvalue weighted by Crippen LogP contribution is -2.49. The van der Waals surface area contributed by atoms with Gasteiger partial charge in [-0.25, -0.2) is 9.78 Å². The van der Waals surface area contributed by atoms with Gasteiger partial charge in [0.25, 0.3) is 5.56 Å². The smallest absolute Gasteiger partial charge is 0.330 e. The summed E-state index contributed by atoms with van der Waals surface area (Å²) >= 11 is 0. The number of rotatable bonds is 4. The molecule has 4 heterocycles. The lowest BCUT2D eigenvalue weighted by molar-refractivity contribution is -0.152. The molecule has 10 heteroatoms. The van der Waals surface area contributed by atoms with E-state index in [4.69, 9.17) is 14.5 Å². The third kappa shape index (κ3) is 3.32. The molecule has 0 aliphatic carbocycles. The van der Waals surface area contributed by atoms with E-state index in [0.717, 1.165) is 0 Å². The number of para-hydroxylation sites is 2. The van der Waals surface area contributed by atoms with Gasteiger partial charge in [-0.2, -0.15) is 0 Å². The van der Waals surface area contributed by atoms with Gasteiger partial charge in [-0.3, -0.25) is 29.2 Å². The average molecular weight is 517 g/mol. The summed E-state index contributed by atoms with van der Waals surface area (Å²) in [6.07, 6.45) is -1.39. The Kier molecular flexibility index (Phi) is 5.43. The van der Waals surface area contributed by atoms with Crippen molar-refractivity contribution in [2.45, 2.75) is 64.1 Å². The first-order valence-corrected chi connectivity index (χ1v) is 12.7. The highest BCUT2D eigenvalue weighted by atomic mass is 16.6. The van der Waals surface area contributed by atoms with Crippen molar-refractivity contribution >= 4 is 34.4 Å². The topological polar surface area (TPSA) is 120 Å². The summed E-state index contributed by atoms with van der Waals surface area (Å²) < 4.78 is 13.1. The Hall–Kier alpha value is -4.05. The second-order valence-electron chi connectivity index (χ2n) is 10.5. The van der Waals surface area contributed by atoms with Crippen molar-refractivity contribution in [1.82, 2.24) is 14.9 Å². The second-order valence-corrected chi connectivity index (χ2v) is 10.5. The van der Waals surface area contributed by atoms with Crippen LogP contribution < -0.4 is 15.8 Å². The molecule has 5 atom stereocenters. The molecule has 196 valence electrons. The van der Waals surface area contributed by atoms with Crippen LogP contribution in [0.3, 0.4) is 0 Å². The quantitative estimate of drug-likeness (QED) is 0.526. The minimum absolute atomic E-state index is 0.0921. The van der Waals surface area contributed by atoms with Gasteiger partial charge in [0.05, 0.1) is 22.6 Å². The van der Waals surface area contributed by atoms with E-state index in [9.17, 15) is 19.2 Å². The molecule has 10 nitrogen and oxygen atoms in total. The zero-order chi connectivity index (χ0) is 26.9. The molecule has 2 aromatic carbocycles. The zero-order valence-electron chi connectivity index (χ0n) is 21.5. The Morgan fingerprint density at radius 2 is 1.84 bits per heavy atom. The number of hydrogen-bond acceptors (Lipinski definition) is 8. The van der Waals surface area contributed by atoms with Gasteiger partial charge in [0, 0.05) is 18.9 Å². The van der Waals surface area contributed by atoms with Crippen molar-refractivity contribution < 1.29 is 23.9 Å². The lowest BCUT2D eigenvalue weighted by Gasteiger charge is -2.30. The molecule has 38 heavy (non-hydrogen) atoms. The van der Waals surface area contributed by atoms with E-state index >= 15 is 0 Å². The van der Waals surface area contributed by atoms with E-state index in [1.54, 1.807) is 36.1 Å². The Morgan fingerprint density at radius 3 is 2.58 bits per heavy atom. The normalized spacial score (nSPS) is 26.7. The largest absolute Gasteiger partial charge is 0.454 e. The fourth-order valence-corrected chi connectivity index (χ4v) is 6.03. The molecule has 1 aromatic heterocycles. The van der Waals surface area contributed by atoms with Crippen LogP contribution in [0.4, 0.5) is 5.69 Å². The molecule has 0 saturated carbocycles. The Bertz CT molecular complexity index is 1560. The van der Waals surface area contributed by atoms with Crippen molar-refractivity contribution in [3.8, 4) is 0 Å². The summed E-state index contributed by atoms with van der Waals surface area (Å²) in [5.74, 6) is -1.29. The number of anilines is 1. The zero-order valence-corrected chi connectivity index (χ0v) is 21.5. The summed E-state index contributed by atoms with van der Waals surface area (Å²) in [6, 6.07) is 12.7. The first kappa shape index (κ1) is 24.3. The van der Waals surface area contributed by atoms with Crippen LogP contribution in [0.5, 0.6) is 0 Å². The number of nitrogens with one attached hydrogen (secondary N) is 1. The highest BCUT2D eigenvalue weighted by Gasteiger charge is 2.64. The maximum Gasteiger partial charge on any atom is 0.330 e. The van der Waals surface area contributed by atoms with Crippen molar-refractivity contribution in [2.24, 2.45) is 5.92 Å². The number of carbonyl (C=O) groups is 3. The average Bonchev–Trinajstić information content (AvgIpc) is 3.47. The molecule has 3 aliphatic rings. The Labute approximate surface area is 218 Å². The van der Waals surface area contributed by atoms with Crippen molar-refractivity contribution in [1.29, 1.82) is 0 Å². The fraction of sp³-hybridized carbons (Fsp3) is 0.393. The number of benzene rings is 2. The number of amides is 1. The van der Waals surface area contributed by atoms with Gasteiger partial charge in [-0.1, -0.05) is 44.2 Å². The molecule has 1 N–H and O–H groups in total. The molecule has 3 aromatic rings. The van der Waals surface area contributed by atoms with Crippen LogP contribution in [-0.4, -0.2) is 39.6 Å². The summed E-state index contributed by atoms with van der Waals surface area (Å²) in [7, 11) is 0. The van der Waals surface area contributed by atoms with Crippen LogP contribution in [-0.2, 0) is 29.5 Å². The molecule has 1 spiro atoms. The van der Waals surface area contributed by atoms with Crippen LogP contribution in [0.2, 0.25) is 0 Å². The van der Waals surface area contributed by atoms with Gasteiger partial charge in [0.2, 0.25) is 5.91 Å². The molecule has 6 rings (SSSR count). The van der Waals surface area contributed by atoms with Gasteiger partial charge >= 0.3 is 11.9 Å². The van der Waals surface area contributed by atoms with E-state index in [1.165, 1.54) is 11.5 Å². The van der Waals surface area contributed by atoms with E-state index in [0.29, 0.717) is 22.2 Å². The molecule has 0 unspecified atom stereocenters. The minimum Gasteiger partial charge on any atom is -0.454 e. The monoisotopic (exact) mass is 516 g/mol. The number of nitrogens with zero attached hydrogens (tertiary/aromatic N) is 3. The molecule has 1 amide bonds. The second kappa shape index (κ2) is 8.49. The van der Waals surface area contributed by atoms with Crippen LogP contribution in [0.15, 0.2) is 53.3 Å². The highest BCUT2D eigenvalue weighted by Crippen LogP contribution is 2.55. The van der Waals surface area contributed by atoms with Gasteiger partial charge in [-0.05, 0) is 31.0 Å². The van der Waals surface area contributed by atoms with Gasteiger partial charge in [0.1, 0.15) is 12.2 Å². The minimum atomic E-state index is -1.20. The SMILES string of the molecule is CC(=O)O[C@@H](c1nc2ccccc2c(=O)n1[C@H]1C[C@@]2(OC1=O)c1ccccc1N1C(=O)[C@@H](C)N[C@@H]12)C(C)C. The molecule has 0 radical (unpaired) electrons. The predicted octanol–water partition coefficient (Wildman–Crippen LogP) is 2.70. The van der Waals surface area contributed by atoms with E-state index < -0.39 is 47.5 Å². The molecule has 0 bridgehead atoms. The number of aromatic nitrogens is 2. The Morgan fingerprint density at radius 1 is 1.13 bits per heavy atom. The molecular weight excluding hydrogens is 488 g/mol. The fourth-order valence-electron chi connectivity index (χ4n) is 6.03. The van der Waals surface area contributed by atoms with E-state index in [2.05, 4.69) is 5.32 Å². The molecule has 2 saturated heterocycles. The first-order chi connectivity index (χ1) is 18.1. The lowest BCUT2D eigenvalue weighted by atomic mass is 9.88. The highest BCUT2D eigenvalue weighted by molar-refractivity contribution is 6.03. The van der Waals surface area contributed by atoms with E-state index in [1.807, 2.05) is 38.1 Å². The van der Waals surface area contributed by atoms with Gasteiger partial charge in [0.15, 0.2) is 17.5 Å². The summed E-state index contributed by atoms with van der Waals surface area (Å²) in [4.78, 5) is 59.1. The number of fused-ring (bicyclic) bond motifs is 6. The number of esters is 2. The van der Waals surface area contributed by atoms with Crippen LogP contribution >= 0.6 is 0 Å². The summed E-state index contributed by atoms with van der Waals surface area (Å²) in [5, 5.41) is 3.63. The third-order valence-electron chi connectivity index (χ3n) is 7.69. The van der Waals surface area contributed by atoms with Gasteiger partial charge in [-0.15, -0.1) is 0 Å². The summed E-state index contributed by atoms with van der Waals surface area (Å²) in [5.41, 5.74) is 0.205. The Balaban J connectivity index is 1.55.